The van der Waals surface area contributed by atoms with Gasteiger partial charge < -0.3 is 0 Å². The zero-order valence-electron chi connectivity index (χ0n) is 5.56. The van der Waals surface area contributed by atoms with E-state index in [1.807, 2.05) is 0 Å². The molecule has 0 aromatic carbocycles. The lowest BCUT2D eigenvalue weighted by Gasteiger charge is -1.98. The van der Waals surface area contributed by atoms with Gasteiger partial charge in [-0.3, -0.25) is 4.98 Å². The van der Waals surface area contributed by atoms with Crippen LogP contribution in [0.2, 0.25) is 0 Å². The first-order valence-electron chi connectivity index (χ1n) is 2.90. The van der Waals surface area contributed by atoms with E-state index in [2.05, 4.69) is 4.98 Å². The number of nitrogens with zero attached hydrogens (tertiary/aromatic N) is 1. The van der Waals surface area contributed by atoms with E-state index in [9.17, 15) is 4.39 Å². The molecule has 0 aliphatic carbocycles. The standard InChI is InChI=1S/C7H7ClFN/c1-5-3-10-4-6(2-8)7(5)9/h3-4H,2H2,1H3. The maximum Gasteiger partial charge on any atom is 0.133 e. The Kier molecular flexibility index (Phi) is 2.22. The van der Waals surface area contributed by atoms with Crippen molar-refractivity contribution in [2.24, 2.45) is 0 Å². The predicted molar refractivity (Wildman–Crippen MR) is 38.5 cm³/mol. The lowest BCUT2D eigenvalue weighted by molar-refractivity contribution is 0.604. The van der Waals surface area contributed by atoms with Crippen LogP contribution in [0.5, 0.6) is 0 Å². The molecule has 0 bridgehead atoms. The minimum absolute atomic E-state index is 0.181. The molecule has 0 aliphatic rings. The van der Waals surface area contributed by atoms with Gasteiger partial charge in [-0.25, -0.2) is 4.39 Å². The topological polar surface area (TPSA) is 12.9 Å². The van der Waals surface area contributed by atoms with Crippen molar-refractivity contribution in [2.45, 2.75) is 12.8 Å². The van der Waals surface area contributed by atoms with E-state index in [0.29, 0.717) is 11.1 Å². The fourth-order valence-electron chi connectivity index (χ4n) is 0.699. The van der Waals surface area contributed by atoms with Crippen LogP contribution < -0.4 is 0 Å². The first kappa shape index (κ1) is 7.48. The number of alkyl halides is 1. The van der Waals surface area contributed by atoms with Gasteiger partial charge in [0.15, 0.2) is 0 Å². The van der Waals surface area contributed by atoms with Crippen molar-refractivity contribution in [3.63, 3.8) is 0 Å². The Morgan fingerprint density at radius 3 is 2.80 bits per heavy atom. The van der Waals surface area contributed by atoms with Gasteiger partial charge in [0.25, 0.3) is 0 Å². The zero-order valence-corrected chi connectivity index (χ0v) is 6.32. The van der Waals surface area contributed by atoms with Gasteiger partial charge in [0, 0.05) is 23.5 Å². The fourth-order valence-corrected chi connectivity index (χ4v) is 0.885. The Balaban J connectivity index is 3.14. The Labute approximate surface area is 63.8 Å². The molecule has 3 heteroatoms. The maximum absolute atomic E-state index is 12.9. The highest BCUT2D eigenvalue weighted by Crippen LogP contribution is 2.11. The van der Waals surface area contributed by atoms with Crippen LogP contribution in [-0.2, 0) is 5.88 Å². The lowest BCUT2D eigenvalue weighted by atomic mass is 10.2. The Hall–Kier alpha value is -0.630. The number of aromatic nitrogens is 1. The highest BCUT2D eigenvalue weighted by atomic mass is 35.5. The van der Waals surface area contributed by atoms with Crippen molar-refractivity contribution >= 4 is 11.6 Å². The largest absolute Gasteiger partial charge is 0.264 e. The summed E-state index contributed by atoms with van der Waals surface area (Å²) < 4.78 is 12.9. The molecule has 0 aliphatic heterocycles. The summed E-state index contributed by atoms with van der Waals surface area (Å²) in [5.74, 6) is -0.0643. The van der Waals surface area contributed by atoms with Gasteiger partial charge in [-0.15, -0.1) is 11.6 Å². The molecule has 1 rings (SSSR count). The third-order valence-electron chi connectivity index (χ3n) is 1.27. The van der Waals surface area contributed by atoms with Crippen LogP contribution in [-0.4, -0.2) is 4.98 Å². The molecule has 1 aromatic rings. The van der Waals surface area contributed by atoms with E-state index in [1.54, 1.807) is 6.92 Å². The van der Waals surface area contributed by atoms with Crippen molar-refractivity contribution in [3.05, 3.63) is 29.3 Å². The summed E-state index contributed by atoms with van der Waals surface area (Å²) in [6.45, 7) is 1.67. The molecule has 0 atom stereocenters. The third-order valence-corrected chi connectivity index (χ3v) is 1.56. The van der Waals surface area contributed by atoms with Crippen LogP contribution >= 0.6 is 11.6 Å². The quantitative estimate of drug-likeness (QED) is 0.573. The van der Waals surface area contributed by atoms with Crippen molar-refractivity contribution in [1.29, 1.82) is 0 Å². The molecular weight excluding hydrogens is 153 g/mol. The molecule has 0 unspecified atom stereocenters. The fraction of sp³-hybridized carbons (Fsp3) is 0.286. The second-order valence-electron chi connectivity index (χ2n) is 2.06. The predicted octanol–water partition coefficient (Wildman–Crippen LogP) is 2.27. The van der Waals surface area contributed by atoms with Crippen molar-refractivity contribution in [1.82, 2.24) is 4.98 Å². The summed E-state index contributed by atoms with van der Waals surface area (Å²) in [7, 11) is 0. The SMILES string of the molecule is Cc1cncc(CCl)c1F. The summed E-state index contributed by atoms with van der Waals surface area (Å²) in [6.07, 6.45) is 2.92. The molecule has 0 N–H and O–H groups in total. The molecule has 10 heavy (non-hydrogen) atoms. The van der Waals surface area contributed by atoms with Crippen LogP contribution in [0.3, 0.4) is 0 Å². The second kappa shape index (κ2) is 2.97. The van der Waals surface area contributed by atoms with Gasteiger partial charge in [-0.2, -0.15) is 0 Å². The second-order valence-corrected chi connectivity index (χ2v) is 2.33. The molecule has 0 saturated carbocycles. The van der Waals surface area contributed by atoms with Crippen LogP contribution in [0.1, 0.15) is 11.1 Å². The monoisotopic (exact) mass is 159 g/mol. The van der Waals surface area contributed by atoms with E-state index < -0.39 is 0 Å². The first-order valence-corrected chi connectivity index (χ1v) is 3.44. The summed E-state index contributed by atoms with van der Waals surface area (Å²) in [5, 5.41) is 0. The molecule has 1 aromatic heterocycles. The average Bonchev–Trinajstić information content (AvgIpc) is 1.95. The summed E-state index contributed by atoms with van der Waals surface area (Å²) >= 11 is 5.42. The zero-order chi connectivity index (χ0) is 7.56. The number of rotatable bonds is 1. The highest BCUT2D eigenvalue weighted by Gasteiger charge is 2.02. The van der Waals surface area contributed by atoms with Gasteiger partial charge in [-0.05, 0) is 6.92 Å². The van der Waals surface area contributed by atoms with Crippen molar-refractivity contribution in [3.8, 4) is 0 Å². The number of aryl methyl sites for hydroxylation is 1. The molecular formula is C7H7ClFN. The summed E-state index contributed by atoms with van der Waals surface area (Å²) in [5.41, 5.74) is 1.000. The molecule has 0 fully saturated rings. The smallest absolute Gasteiger partial charge is 0.133 e. The first-order chi connectivity index (χ1) is 4.75. The van der Waals surface area contributed by atoms with E-state index in [0.717, 1.165) is 0 Å². The highest BCUT2D eigenvalue weighted by molar-refractivity contribution is 6.17. The van der Waals surface area contributed by atoms with Crippen LogP contribution in [0.4, 0.5) is 4.39 Å². The Morgan fingerprint density at radius 2 is 2.30 bits per heavy atom. The van der Waals surface area contributed by atoms with Crippen molar-refractivity contribution < 1.29 is 4.39 Å². The molecule has 0 spiro atoms. The van der Waals surface area contributed by atoms with Crippen molar-refractivity contribution in [2.75, 3.05) is 0 Å². The number of halogens is 2. The van der Waals surface area contributed by atoms with Gasteiger partial charge in [0.1, 0.15) is 5.82 Å². The van der Waals surface area contributed by atoms with Crippen LogP contribution in [0, 0.1) is 12.7 Å². The lowest BCUT2D eigenvalue weighted by Crippen LogP contribution is -1.91. The molecule has 0 radical (unpaired) electrons. The van der Waals surface area contributed by atoms with Crippen LogP contribution in [0.15, 0.2) is 12.4 Å². The van der Waals surface area contributed by atoms with E-state index in [1.165, 1.54) is 12.4 Å². The maximum atomic E-state index is 12.9. The normalized spacial score (nSPS) is 9.90. The van der Waals surface area contributed by atoms with E-state index in [-0.39, 0.29) is 11.7 Å². The number of hydrogen-bond donors (Lipinski definition) is 0. The van der Waals surface area contributed by atoms with Gasteiger partial charge in [-0.1, -0.05) is 0 Å². The van der Waals surface area contributed by atoms with Gasteiger partial charge in [0.05, 0.1) is 5.88 Å². The van der Waals surface area contributed by atoms with Gasteiger partial charge >= 0.3 is 0 Å². The molecule has 1 nitrogen and oxygen atoms in total. The average molecular weight is 160 g/mol. The Bertz CT molecular complexity index is 237. The minimum Gasteiger partial charge on any atom is -0.264 e. The summed E-state index contributed by atoms with van der Waals surface area (Å²) in [6, 6.07) is 0. The molecule has 54 valence electrons. The summed E-state index contributed by atoms with van der Waals surface area (Å²) in [4.78, 5) is 3.79. The minimum atomic E-state index is -0.245. The Morgan fingerprint density at radius 1 is 1.60 bits per heavy atom. The molecule has 1 heterocycles. The molecule has 0 saturated heterocycles. The van der Waals surface area contributed by atoms with E-state index >= 15 is 0 Å². The number of hydrogen-bond acceptors (Lipinski definition) is 1. The van der Waals surface area contributed by atoms with Crippen LogP contribution in [0.25, 0.3) is 0 Å². The van der Waals surface area contributed by atoms with E-state index in [4.69, 9.17) is 11.6 Å². The van der Waals surface area contributed by atoms with Gasteiger partial charge in [0.2, 0.25) is 0 Å². The number of pyridine rings is 1. The third kappa shape index (κ3) is 1.27. The molecule has 0 amide bonds.